The van der Waals surface area contributed by atoms with Crippen molar-refractivity contribution in [3.05, 3.63) is 29.8 Å². The van der Waals surface area contributed by atoms with Gasteiger partial charge >= 0.3 is 0 Å². The molecular formula is C12H16N4O3S. The predicted molar refractivity (Wildman–Crippen MR) is 74.4 cm³/mol. The van der Waals surface area contributed by atoms with Crippen LogP contribution in [0.4, 0.5) is 0 Å². The van der Waals surface area contributed by atoms with Crippen LogP contribution in [0.25, 0.3) is 0 Å². The van der Waals surface area contributed by atoms with Gasteiger partial charge in [0.2, 0.25) is 5.96 Å². The molecule has 0 spiro atoms. The quantitative estimate of drug-likeness (QED) is 0.203. The molecule has 20 heavy (non-hydrogen) atoms. The van der Waals surface area contributed by atoms with Crippen LogP contribution in [0.1, 0.15) is 5.56 Å². The molecule has 0 heterocycles. The normalized spacial score (nSPS) is 11.8. The van der Waals surface area contributed by atoms with Crippen molar-refractivity contribution >= 4 is 16.1 Å². The Bertz CT molecular complexity index is 603. The third-order valence-electron chi connectivity index (χ3n) is 2.34. The van der Waals surface area contributed by atoms with Crippen molar-refractivity contribution in [2.45, 2.75) is 11.8 Å². The zero-order chi connectivity index (χ0) is 15.0. The summed E-state index contributed by atoms with van der Waals surface area (Å²) in [6.45, 7) is 2.00. The lowest BCUT2D eigenvalue weighted by Gasteiger charge is -2.08. The second-order valence-corrected chi connectivity index (χ2v) is 5.44. The minimum atomic E-state index is -3.76. The lowest BCUT2D eigenvalue weighted by atomic mass is 10.2. The average Bonchev–Trinajstić information content (AvgIpc) is 2.42. The van der Waals surface area contributed by atoms with Crippen LogP contribution >= 0.6 is 0 Å². The Hall–Kier alpha value is -2.11. The Morgan fingerprint density at radius 2 is 2.05 bits per heavy atom. The maximum atomic E-state index is 11.8. The fourth-order valence-electron chi connectivity index (χ4n) is 1.33. The van der Waals surface area contributed by atoms with Gasteiger partial charge in [-0.15, -0.1) is 0 Å². The van der Waals surface area contributed by atoms with Gasteiger partial charge in [-0.05, 0) is 19.1 Å². The smallest absolute Gasteiger partial charge is 0.297 e. The summed E-state index contributed by atoms with van der Waals surface area (Å²) < 4.78 is 28.5. The number of benzene rings is 1. The summed E-state index contributed by atoms with van der Waals surface area (Å²) in [6.07, 6.45) is 1.70. The van der Waals surface area contributed by atoms with Crippen molar-refractivity contribution in [2.75, 3.05) is 20.2 Å². The third kappa shape index (κ3) is 4.87. The van der Waals surface area contributed by atoms with Crippen LogP contribution in [0.3, 0.4) is 0 Å². The van der Waals surface area contributed by atoms with E-state index < -0.39 is 10.1 Å². The summed E-state index contributed by atoms with van der Waals surface area (Å²) >= 11 is 0. The highest BCUT2D eigenvalue weighted by molar-refractivity contribution is 7.86. The number of hydrogen-bond donors (Lipinski definition) is 2. The molecule has 0 saturated heterocycles. The Labute approximate surface area is 118 Å². The molecule has 0 amide bonds. The van der Waals surface area contributed by atoms with Gasteiger partial charge in [0.1, 0.15) is 0 Å². The molecule has 7 nitrogen and oxygen atoms in total. The van der Waals surface area contributed by atoms with E-state index in [2.05, 4.69) is 15.6 Å². The molecular weight excluding hydrogens is 280 g/mol. The molecule has 0 aromatic heterocycles. The molecule has 0 atom stereocenters. The maximum Gasteiger partial charge on any atom is 0.297 e. The summed E-state index contributed by atoms with van der Waals surface area (Å²) in [4.78, 5) is 3.86. The van der Waals surface area contributed by atoms with E-state index in [1.54, 1.807) is 18.3 Å². The standard InChI is InChI=1S/C12H16N4O3S/c1-10-3-5-11(6-4-10)20(17,18)19-8-7-15-12(14-2)16-9-13/h3-6H,7-8H2,1-2H3,(H2,14,15,16). The Balaban J connectivity index is 2.49. The first-order valence-electron chi connectivity index (χ1n) is 5.81. The van der Waals surface area contributed by atoms with Crippen LogP contribution in [0.15, 0.2) is 34.2 Å². The molecule has 0 aliphatic carbocycles. The molecule has 0 aliphatic heterocycles. The summed E-state index contributed by atoms with van der Waals surface area (Å²) in [5.74, 6) is 0.254. The molecule has 0 bridgehead atoms. The Morgan fingerprint density at radius 3 is 2.60 bits per heavy atom. The number of aryl methyl sites for hydroxylation is 1. The number of nitrogens with one attached hydrogen (secondary N) is 2. The highest BCUT2D eigenvalue weighted by atomic mass is 32.2. The minimum absolute atomic E-state index is 0.0671. The second-order valence-electron chi connectivity index (χ2n) is 3.82. The van der Waals surface area contributed by atoms with Crippen molar-refractivity contribution in [1.82, 2.24) is 10.6 Å². The fourth-order valence-corrected chi connectivity index (χ4v) is 2.23. The minimum Gasteiger partial charge on any atom is -0.353 e. The van der Waals surface area contributed by atoms with Gasteiger partial charge in [-0.25, -0.2) is 0 Å². The predicted octanol–water partition coefficient (Wildman–Crippen LogP) is 0.346. The molecule has 0 saturated carbocycles. The van der Waals surface area contributed by atoms with Gasteiger partial charge in [0.25, 0.3) is 10.1 Å². The van der Waals surface area contributed by atoms with E-state index in [4.69, 9.17) is 9.44 Å². The van der Waals surface area contributed by atoms with E-state index in [1.165, 1.54) is 19.2 Å². The molecule has 8 heteroatoms. The largest absolute Gasteiger partial charge is 0.353 e. The van der Waals surface area contributed by atoms with Crippen molar-refractivity contribution in [1.29, 1.82) is 5.26 Å². The molecule has 0 fully saturated rings. The summed E-state index contributed by atoms with van der Waals surface area (Å²) in [5.41, 5.74) is 0.969. The summed E-state index contributed by atoms with van der Waals surface area (Å²) in [6, 6.07) is 6.39. The monoisotopic (exact) mass is 296 g/mol. The molecule has 0 radical (unpaired) electrons. The van der Waals surface area contributed by atoms with Crippen LogP contribution in [0.2, 0.25) is 0 Å². The number of rotatable bonds is 5. The lowest BCUT2D eigenvalue weighted by molar-refractivity contribution is 0.322. The Morgan fingerprint density at radius 1 is 1.40 bits per heavy atom. The first kappa shape index (κ1) is 15.9. The van der Waals surface area contributed by atoms with Crippen molar-refractivity contribution in [2.24, 2.45) is 4.99 Å². The first-order valence-corrected chi connectivity index (χ1v) is 7.22. The molecule has 0 aliphatic rings. The van der Waals surface area contributed by atoms with Crippen molar-refractivity contribution < 1.29 is 12.6 Å². The Kier molecular flexibility index (Phi) is 5.96. The van der Waals surface area contributed by atoms with Crippen molar-refractivity contribution in [3.63, 3.8) is 0 Å². The van der Waals surface area contributed by atoms with Gasteiger partial charge in [0.15, 0.2) is 6.19 Å². The van der Waals surface area contributed by atoms with Crippen LogP contribution in [0, 0.1) is 18.4 Å². The fraction of sp³-hybridized carbons (Fsp3) is 0.333. The second kappa shape index (κ2) is 7.47. The van der Waals surface area contributed by atoms with E-state index in [-0.39, 0.29) is 24.0 Å². The topological polar surface area (TPSA) is 104 Å². The van der Waals surface area contributed by atoms with Crippen LogP contribution in [-0.4, -0.2) is 34.6 Å². The first-order chi connectivity index (χ1) is 9.49. The van der Waals surface area contributed by atoms with Gasteiger partial charge in [-0.3, -0.25) is 14.5 Å². The molecule has 0 unspecified atom stereocenters. The average molecular weight is 296 g/mol. The highest BCUT2D eigenvalue weighted by Gasteiger charge is 2.14. The van der Waals surface area contributed by atoms with Gasteiger partial charge < -0.3 is 5.32 Å². The summed E-state index contributed by atoms with van der Waals surface area (Å²) in [5, 5.41) is 13.5. The van der Waals surface area contributed by atoms with Crippen molar-refractivity contribution in [3.8, 4) is 6.19 Å². The van der Waals surface area contributed by atoms with E-state index >= 15 is 0 Å². The zero-order valence-corrected chi connectivity index (χ0v) is 12.1. The number of hydrogen-bond acceptors (Lipinski definition) is 5. The molecule has 1 aromatic rings. The van der Waals surface area contributed by atoms with Crippen LogP contribution in [-0.2, 0) is 14.3 Å². The SMILES string of the molecule is CN=C(NC#N)NCCOS(=O)(=O)c1ccc(C)cc1. The van der Waals surface area contributed by atoms with E-state index in [9.17, 15) is 8.42 Å². The highest BCUT2D eigenvalue weighted by Crippen LogP contribution is 2.12. The number of nitriles is 1. The van der Waals surface area contributed by atoms with Gasteiger partial charge in [-0.2, -0.15) is 13.7 Å². The number of nitrogens with zero attached hydrogens (tertiary/aromatic N) is 2. The van der Waals surface area contributed by atoms with Crippen LogP contribution in [0.5, 0.6) is 0 Å². The van der Waals surface area contributed by atoms with Gasteiger partial charge in [0, 0.05) is 13.6 Å². The molecule has 2 N–H and O–H groups in total. The van der Waals surface area contributed by atoms with Crippen LogP contribution < -0.4 is 10.6 Å². The maximum absolute atomic E-state index is 11.8. The molecule has 1 aromatic carbocycles. The van der Waals surface area contributed by atoms with E-state index in [1.807, 2.05) is 6.92 Å². The zero-order valence-electron chi connectivity index (χ0n) is 11.3. The van der Waals surface area contributed by atoms with Gasteiger partial charge in [-0.1, -0.05) is 17.7 Å². The van der Waals surface area contributed by atoms with E-state index in [0.29, 0.717) is 0 Å². The summed E-state index contributed by atoms with van der Waals surface area (Å²) in [7, 11) is -2.26. The molecule has 1 rings (SSSR count). The number of guanidine groups is 1. The third-order valence-corrected chi connectivity index (χ3v) is 3.67. The van der Waals surface area contributed by atoms with Gasteiger partial charge in [0.05, 0.1) is 11.5 Å². The molecule has 108 valence electrons. The lowest BCUT2D eigenvalue weighted by Crippen LogP contribution is -2.36. The number of aliphatic imine (C=N–C) groups is 1. The van der Waals surface area contributed by atoms with E-state index in [0.717, 1.165) is 5.56 Å².